The third kappa shape index (κ3) is 8.05. The third-order valence-corrected chi connectivity index (χ3v) is 10.1. The number of rotatable bonds is 7. The summed E-state index contributed by atoms with van der Waals surface area (Å²) in [5.74, 6) is 0.956. The van der Waals surface area contributed by atoms with Gasteiger partial charge in [-0.05, 0) is 108 Å². The van der Waals surface area contributed by atoms with Crippen molar-refractivity contribution in [1.29, 1.82) is 0 Å². The number of para-hydroxylation sites is 1. The molecule has 0 spiro atoms. The van der Waals surface area contributed by atoms with Crippen LogP contribution in [0.1, 0.15) is 54.8 Å². The topological polar surface area (TPSA) is 9.23 Å². The van der Waals surface area contributed by atoms with E-state index in [4.69, 9.17) is 4.74 Å². The van der Waals surface area contributed by atoms with Gasteiger partial charge in [-0.25, -0.2) is 0 Å². The smallest absolute Gasteiger partial charge is 0.123 e. The summed E-state index contributed by atoms with van der Waals surface area (Å²) < 4.78 is 7.51. The molecule has 0 atom stereocenters. The average Bonchev–Trinajstić information content (AvgIpc) is 3.55. The molecule has 0 saturated carbocycles. The minimum Gasteiger partial charge on any atom is -0.489 e. The van der Waals surface area contributed by atoms with Gasteiger partial charge in [0.2, 0.25) is 0 Å². The summed E-state index contributed by atoms with van der Waals surface area (Å²) in [5, 5.41) is 3.71. The second kappa shape index (κ2) is 16.8. The van der Waals surface area contributed by atoms with Crippen LogP contribution in [0, 0.1) is 0 Å². The second-order valence-electron chi connectivity index (χ2n) is 12.3. The lowest BCUT2D eigenvalue weighted by Gasteiger charge is -2.10. The van der Waals surface area contributed by atoms with Crippen molar-refractivity contribution >= 4 is 55.0 Å². The van der Waals surface area contributed by atoms with E-state index in [1.807, 2.05) is 17.4 Å². The molecule has 1 aliphatic heterocycles. The molecule has 0 unspecified atom stereocenters. The molecule has 0 fully saturated rings. The van der Waals surface area contributed by atoms with Crippen molar-refractivity contribution in [3.63, 3.8) is 0 Å². The maximum absolute atomic E-state index is 6.23. The van der Waals surface area contributed by atoms with Crippen LogP contribution in [0.4, 0.5) is 0 Å². The largest absolute Gasteiger partial charge is 0.489 e. The molecule has 0 aliphatic carbocycles. The van der Waals surface area contributed by atoms with Crippen LogP contribution in [-0.2, 0) is 6.42 Å². The Kier molecular flexibility index (Phi) is 11.6. The maximum Gasteiger partial charge on any atom is 0.123 e. The van der Waals surface area contributed by atoms with Gasteiger partial charge in [-0.3, -0.25) is 0 Å². The van der Waals surface area contributed by atoms with Crippen LogP contribution in [0.25, 0.3) is 43.7 Å². The van der Waals surface area contributed by atoms with Crippen LogP contribution in [-0.4, -0.2) is 6.61 Å². The van der Waals surface area contributed by atoms with E-state index in [1.165, 1.54) is 64.7 Å². The Morgan fingerprint density at radius 3 is 2.12 bits per heavy atom. The highest BCUT2D eigenvalue weighted by atomic mass is 32.1. The summed E-state index contributed by atoms with van der Waals surface area (Å²) in [5.41, 5.74) is 9.66. The molecular formula is C48H44OS. The molecular weight excluding hydrogens is 625 g/mol. The molecule has 0 radical (unpaired) electrons. The van der Waals surface area contributed by atoms with Crippen LogP contribution in [0.5, 0.6) is 5.75 Å². The lowest BCUT2D eigenvalue weighted by Crippen LogP contribution is -1.97. The maximum atomic E-state index is 6.23. The van der Waals surface area contributed by atoms with Crippen LogP contribution in [0.2, 0.25) is 0 Å². The number of ether oxygens (including phenoxy) is 1. The molecule has 2 heteroatoms. The number of thiophene rings is 1. The van der Waals surface area contributed by atoms with Crippen molar-refractivity contribution in [3.05, 3.63) is 197 Å². The molecule has 248 valence electrons. The Balaban J connectivity index is 1.41. The Morgan fingerprint density at radius 2 is 1.38 bits per heavy atom. The van der Waals surface area contributed by atoms with E-state index in [-0.39, 0.29) is 0 Å². The van der Waals surface area contributed by atoms with Gasteiger partial charge in [0.1, 0.15) is 12.4 Å². The highest BCUT2D eigenvalue weighted by Crippen LogP contribution is 2.38. The van der Waals surface area contributed by atoms with Gasteiger partial charge in [-0.2, -0.15) is 0 Å². The zero-order chi connectivity index (χ0) is 34.7. The molecule has 6 rings (SSSR count). The first kappa shape index (κ1) is 34.4. The van der Waals surface area contributed by atoms with Crippen molar-refractivity contribution in [1.82, 2.24) is 0 Å². The summed E-state index contributed by atoms with van der Waals surface area (Å²) >= 11 is 1.84. The lowest BCUT2D eigenvalue weighted by molar-refractivity contribution is 0.360. The Morgan fingerprint density at radius 1 is 0.720 bits per heavy atom. The molecule has 0 bridgehead atoms. The average molecular weight is 669 g/mol. The molecule has 0 saturated heterocycles. The monoisotopic (exact) mass is 668 g/mol. The number of allylic oxidation sites excluding steroid dienone is 12. The van der Waals surface area contributed by atoms with Crippen LogP contribution in [0.3, 0.4) is 0 Å². The predicted molar refractivity (Wildman–Crippen MR) is 221 cm³/mol. The van der Waals surface area contributed by atoms with Crippen molar-refractivity contribution in [3.8, 4) is 5.75 Å². The van der Waals surface area contributed by atoms with E-state index in [0.717, 1.165) is 17.7 Å². The van der Waals surface area contributed by atoms with Crippen molar-refractivity contribution in [2.45, 2.75) is 34.1 Å². The fourth-order valence-corrected chi connectivity index (χ4v) is 7.52. The Labute approximate surface area is 301 Å². The molecule has 2 heterocycles. The summed E-state index contributed by atoms with van der Waals surface area (Å²) in [6.45, 7) is 9.09. The van der Waals surface area contributed by atoms with Gasteiger partial charge in [0.15, 0.2) is 0 Å². The molecule has 5 aromatic rings. The zero-order valence-corrected chi connectivity index (χ0v) is 30.2. The highest BCUT2D eigenvalue weighted by Gasteiger charge is 2.14. The van der Waals surface area contributed by atoms with Gasteiger partial charge in [-0.15, -0.1) is 11.3 Å². The number of benzene rings is 3. The molecule has 0 amide bonds. The van der Waals surface area contributed by atoms with E-state index in [1.54, 1.807) is 0 Å². The minimum absolute atomic E-state index is 0.522. The molecule has 1 aliphatic rings. The summed E-state index contributed by atoms with van der Waals surface area (Å²) in [6.07, 6.45) is 23.0. The normalized spacial score (nSPS) is 14.2. The first-order chi connectivity index (χ1) is 24.6. The van der Waals surface area contributed by atoms with Crippen molar-refractivity contribution in [2.75, 3.05) is 6.61 Å². The first-order valence-corrected chi connectivity index (χ1v) is 18.2. The molecule has 1 aromatic heterocycles. The zero-order valence-electron chi connectivity index (χ0n) is 29.4. The lowest BCUT2D eigenvalue weighted by atomic mass is 9.95. The number of fused-ring (bicyclic) bond motifs is 3. The third-order valence-electron chi connectivity index (χ3n) is 8.96. The minimum atomic E-state index is 0.522. The molecule has 4 aromatic carbocycles. The molecule has 1 nitrogen and oxygen atoms in total. The SMILES string of the molecule is C/C=C\C=C(/C)c1ccccccc(/C(C)=C/C(=C\C)/C=C/c2sc3ccccc3c2C2=CCOc3ccccc3CC=C2)c2ccccc12. The fraction of sp³-hybridized carbons (Fsp3) is 0.125. The van der Waals surface area contributed by atoms with Crippen molar-refractivity contribution < 1.29 is 4.74 Å². The van der Waals surface area contributed by atoms with E-state index in [9.17, 15) is 0 Å². The van der Waals surface area contributed by atoms with Gasteiger partial charge < -0.3 is 4.74 Å². The van der Waals surface area contributed by atoms with Crippen LogP contribution >= 0.6 is 11.3 Å². The van der Waals surface area contributed by atoms with E-state index in [2.05, 4.69) is 192 Å². The quantitative estimate of drug-likeness (QED) is 0.157. The van der Waals surface area contributed by atoms with Gasteiger partial charge in [0.05, 0.1) is 0 Å². The fourth-order valence-electron chi connectivity index (χ4n) is 6.39. The molecule has 50 heavy (non-hydrogen) atoms. The van der Waals surface area contributed by atoms with Crippen LogP contribution < -0.4 is 4.74 Å². The standard InChI is InChI=1S/C48H44OS/c1-5-7-19-35(3)40-23-10-8-9-11-24-41(43-26-14-13-25-42(40)43)36(4)34-37(6-2)30-31-47-48(44-27-15-17-29-46(44)50-47)39-22-18-21-38-20-12-16-28-45(38)49-33-32-39/h5-20,22-32,34H,21,33H2,1-4H3/b7-5-,9-8?,10-8?,11-9?,22-18?,23-10?,24-11?,31-30+,35-19+,36-34+,37-6-,39-32?,40-23?,41-24?,42-40?,43-41?. The first-order valence-electron chi connectivity index (χ1n) is 17.3. The van der Waals surface area contributed by atoms with Gasteiger partial charge in [0.25, 0.3) is 0 Å². The number of hydrogen-bond donors (Lipinski definition) is 0. The second-order valence-corrected chi connectivity index (χ2v) is 13.4. The van der Waals surface area contributed by atoms with Gasteiger partial charge >= 0.3 is 0 Å². The predicted octanol–water partition coefficient (Wildman–Crippen LogP) is 13.8. The number of hydrogen-bond acceptors (Lipinski definition) is 2. The van der Waals surface area contributed by atoms with E-state index < -0.39 is 0 Å². The summed E-state index contributed by atoms with van der Waals surface area (Å²) in [6, 6.07) is 38.7. The highest BCUT2D eigenvalue weighted by molar-refractivity contribution is 7.20. The Bertz CT molecular complexity index is 2280. The summed E-state index contributed by atoms with van der Waals surface area (Å²) in [7, 11) is 0. The Hall–Kier alpha value is -5.44. The molecule has 0 N–H and O–H groups in total. The van der Waals surface area contributed by atoms with E-state index >= 15 is 0 Å². The van der Waals surface area contributed by atoms with E-state index in [0.29, 0.717) is 6.61 Å². The van der Waals surface area contributed by atoms with Crippen LogP contribution in [0.15, 0.2) is 169 Å². The van der Waals surface area contributed by atoms with Gasteiger partial charge in [0, 0.05) is 20.5 Å². The summed E-state index contributed by atoms with van der Waals surface area (Å²) in [4.78, 5) is 1.24. The van der Waals surface area contributed by atoms with Gasteiger partial charge in [-0.1, -0.05) is 146 Å². The van der Waals surface area contributed by atoms with Crippen molar-refractivity contribution in [2.24, 2.45) is 0 Å².